The van der Waals surface area contributed by atoms with Crippen molar-refractivity contribution in [3.05, 3.63) is 33.9 Å². The summed E-state index contributed by atoms with van der Waals surface area (Å²) < 4.78 is 14.5. The molecule has 0 amide bonds. The molecule has 0 aromatic heterocycles. The highest BCUT2D eigenvalue weighted by molar-refractivity contribution is 5.88. The minimum Gasteiger partial charge on any atom is -0.493 e. The standard InChI is InChI=1S/C12H13NO6/c1-17-10-6-8(4-5-12(14)19-3)9(13(15)16)7-11(10)18-2/h4-7H,1-3H3. The topological polar surface area (TPSA) is 87.9 Å². The van der Waals surface area contributed by atoms with Gasteiger partial charge in [0.15, 0.2) is 11.5 Å². The predicted molar refractivity (Wildman–Crippen MR) is 67.3 cm³/mol. The highest BCUT2D eigenvalue weighted by Crippen LogP contribution is 2.35. The number of nitro benzene ring substituents is 1. The van der Waals surface area contributed by atoms with Gasteiger partial charge in [-0.05, 0) is 12.1 Å². The molecule has 0 N–H and O–H groups in total. The van der Waals surface area contributed by atoms with Gasteiger partial charge in [0.2, 0.25) is 0 Å². The van der Waals surface area contributed by atoms with Gasteiger partial charge >= 0.3 is 5.97 Å². The van der Waals surface area contributed by atoms with Crippen LogP contribution in [-0.4, -0.2) is 32.2 Å². The van der Waals surface area contributed by atoms with E-state index in [0.29, 0.717) is 5.75 Å². The van der Waals surface area contributed by atoms with Gasteiger partial charge in [0.05, 0.1) is 37.9 Å². The maximum atomic E-state index is 11.0. The normalized spacial score (nSPS) is 10.3. The van der Waals surface area contributed by atoms with Crippen LogP contribution in [0.3, 0.4) is 0 Å². The number of benzene rings is 1. The molecule has 0 saturated carbocycles. The van der Waals surface area contributed by atoms with Crippen molar-refractivity contribution < 1.29 is 23.9 Å². The van der Waals surface area contributed by atoms with Crippen LogP contribution < -0.4 is 9.47 Å². The largest absolute Gasteiger partial charge is 0.493 e. The maximum Gasteiger partial charge on any atom is 0.330 e. The van der Waals surface area contributed by atoms with Gasteiger partial charge in [-0.25, -0.2) is 4.79 Å². The van der Waals surface area contributed by atoms with Crippen molar-refractivity contribution in [3.8, 4) is 11.5 Å². The number of methoxy groups -OCH3 is 3. The zero-order chi connectivity index (χ0) is 14.4. The molecule has 0 atom stereocenters. The van der Waals surface area contributed by atoms with Crippen LogP contribution in [0, 0.1) is 10.1 Å². The van der Waals surface area contributed by atoms with Gasteiger partial charge in [0.25, 0.3) is 5.69 Å². The summed E-state index contributed by atoms with van der Waals surface area (Å²) >= 11 is 0. The van der Waals surface area contributed by atoms with Gasteiger partial charge in [-0.2, -0.15) is 0 Å². The molecule has 1 aromatic carbocycles. The lowest BCUT2D eigenvalue weighted by atomic mass is 10.1. The first-order valence-corrected chi connectivity index (χ1v) is 5.20. The van der Waals surface area contributed by atoms with Crippen molar-refractivity contribution in [3.63, 3.8) is 0 Å². The Hall–Kier alpha value is -2.57. The van der Waals surface area contributed by atoms with Gasteiger partial charge in [0, 0.05) is 6.08 Å². The molecule has 0 bridgehead atoms. The van der Waals surface area contributed by atoms with Gasteiger partial charge in [-0.15, -0.1) is 0 Å². The van der Waals surface area contributed by atoms with Crippen LogP contribution in [0.25, 0.3) is 6.08 Å². The van der Waals surface area contributed by atoms with Crippen molar-refractivity contribution in [1.82, 2.24) is 0 Å². The number of rotatable bonds is 5. The molecule has 1 aromatic rings. The first kappa shape index (κ1) is 14.5. The summed E-state index contributed by atoms with van der Waals surface area (Å²) in [7, 11) is 4.01. The van der Waals surface area contributed by atoms with E-state index in [1.165, 1.54) is 39.5 Å². The quantitative estimate of drug-likeness (QED) is 0.350. The van der Waals surface area contributed by atoms with E-state index in [-0.39, 0.29) is 17.0 Å². The Kier molecular flexibility index (Phi) is 4.87. The molecule has 0 spiro atoms. The fourth-order valence-corrected chi connectivity index (χ4v) is 1.40. The summed E-state index contributed by atoms with van der Waals surface area (Å²) in [6, 6.07) is 2.65. The number of hydrogen-bond acceptors (Lipinski definition) is 6. The number of nitro groups is 1. The molecular formula is C12H13NO6. The average Bonchev–Trinajstić information content (AvgIpc) is 2.43. The number of esters is 1. The second-order valence-electron chi connectivity index (χ2n) is 3.38. The van der Waals surface area contributed by atoms with E-state index in [9.17, 15) is 14.9 Å². The van der Waals surface area contributed by atoms with Crippen LogP contribution in [0.4, 0.5) is 5.69 Å². The molecule has 0 aliphatic heterocycles. The summed E-state index contributed by atoms with van der Waals surface area (Å²) in [4.78, 5) is 21.4. The molecule has 0 heterocycles. The zero-order valence-corrected chi connectivity index (χ0v) is 10.7. The fourth-order valence-electron chi connectivity index (χ4n) is 1.40. The van der Waals surface area contributed by atoms with E-state index >= 15 is 0 Å². The van der Waals surface area contributed by atoms with Gasteiger partial charge in [-0.3, -0.25) is 10.1 Å². The minimum atomic E-state index is -0.607. The minimum absolute atomic E-state index is 0.196. The second kappa shape index (κ2) is 6.39. The van der Waals surface area contributed by atoms with Crippen molar-refractivity contribution in [2.45, 2.75) is 0 Å². The Morgan fingerprint density at radius 1 is 1.21 bits per heavy atom. The Balaban J connectivity index is 3.31. The summed E-state index contributed by atoms with van der Waals surface area (Å²) in [6.45, 7) is 0. The average molecular weight is 267 g/mol. The molecule has 0 fully saturated rings. The summed E-state index contributed by atoms with van der Waals surface area (Å²) in [5.41, 5.74) is 0.0193. The van der Waals surface area contributed by atoms with Crippen LogP contribution in [0.2, 0.25) is 0 Å². The monoisotopic (exact) mass is 267 g/mol. The van der Waals surface area contributed by atoms with Gasteiger partial charge in [0.1, 0.15) is 0 Å². The maximum absolute atomic E-state index is 11.0. The SMILES string of the molecule is COC(=O)C=Cc1cc(OC)c(OC)cc1[N+](=O)[O-]. The van der Waals surface area contributed by atoms with Crippen LogP contribution in [0.5, 0.6) is 11.5 Å². The van der Waals surface area contributed by atoms with E-state index in [2.05, 4.69) is 4.74 Å². The molecule has 0 radical (unpaired) electrons. The second-order valence-corrected chi connectivity index (χ2v) is 3.38. The summed E-state index contributed by atoms with van der Waals surface area (Å²) in [5, 5.41) is 11.0. The number of carbonyl (C=O) groups excluding carboxylic acids is 1. The number of hydrogen-bond donors (Lipinski definition) is 0. The third-order valence-corrected chi connectivity index (χ3v) is 2.33. The molecular weight excluding hydrogens is 254 g/mol. The van der Waals surface area contributed by atoms with E-state index in [1.807, 2.05) is 0 Å². The zero-order valence-electron chi connectivity index (χ0n) is 10.7. The molecule has 0 aliphatic carbocycles. The Bertz CT molecular complexity index is 523. The van der Waals surface area contributed by atoms with Gasteiger partial charge < -0.3 is 14.2 Å². The van der Waals surface area contributed by atoms with Crippen molar-refractivity contribution in [1.29, 1.82) is 0 Å². The Morgan fingerprint density at radius 2 is 1.79 bits per heavy atom. The lowest BCUT2D eigenvalue weighted by molar-refractivity contribution is -0.385. The molecule has 102 valence electrons. The molecule has 1 rings (SSSR count). The molecule has 0 unspecified atom stereocenters. The van der Waals surface area contributed by atoms with Gasteiger partial charge in [-0.1, -0.05) is 0 Å². The smallest absolute Gasteiger partial charge is 0.330 e. The third-order valence-electron chi connectivity index (χ3n) is 2.33. The first-order chi connectivity index (χ1) is 9.03. The molecule has 0 aliphatic rings. The van der Waals surface area contributed by atoms with Crippen LogP contribution in [-0.2, 0) is 9.53 Å². The first-order valence-electron chi connectivity index (χ1n) is 5.20. The third kappa shape index (κ3) is 3.44. The molecule has 7 heteroatoms. The van der Waals surface area contributed by atoms with Crippen molar-refractivity contribution in [2.75, 3.05) is 21.3 Å². The van der Waals surface area contributed by atoms with E-state index < -0.39 is 10.9 Å². The van der Waals surface area contributed by atoms with E-state index in [4.69, 9.17) is 9.47 Å². The van der Waals surface area contributed by atoms with Crippen LogP contribution in [0.15, 0.2) is 18.2 Å². The van der Waals surface area contributed by atoms with Crippen molar-refractivity contribution >= 4 is 17.7 Å². The van der Waals surface area contributed by atoms with Crippen molar-refractivity contribution in [2.24, 2.45) is 0 Å². The lowest BCUT2D eigenvalue weighted by Gasteiger charge is -2.08. The van der Waals surface area contributed by atoms with Crippen LogP contribution >= 0.6 is 0 Å². The summed E-state index contributed by atoms with van der Waals surface area (Å²) in [6.07, 6.45) is 2.38. The molecule has 19 heavy (non-hydrogen) atoms. The number of nitrogens with zero attached hydrogens (tertiary/aromatic N) is 1. The highest BCUT2D eigenvalue weighted by Gasteiger charge is 2.17. The van der Waals surface area contributed by atoms with Crippen LogP contribution in [0.1, 0.15) is 5.56 Å². The fraction of sp³-hybridized carbons (Fsp3) is 0.250. The highest BCUT2D eigenvalue weighted by atomic mass is 16.6. The molecule has 0 saturated heterocycles. The Labute approximate surface area is 109 Å². The predicted octanol–water partition coefficient (Wildman–Crippen LogP) is 1.80. The molecule has 7 nitrogen and oxygen atoms in total. The number of ether oxygens (including phenoxy) is 3. The lowest BCUT2D eigenvalue weighted by Crippen LogP contribution is -1.98. The van der Waals surface area contributed by atoms with E-state index in [1.54, 1.807) is 0 Å². The van der Waals surface area contributed by atoms with E-state index in [0.717, 1.165) is 6.08 Å². The Morgan fingerprint density at radius 3 is 2.26 bits per heavy atom. The summed E-state index contributed by atoms with van der Waals surface area (Å²) in [5.74, 6) is -0.0360. The number of carbonyl (C=O) groups is 1.